The Kier molecular flexibility index (Phi) is 5.16. The second-order valence-corrected chi connectivity index (χ2v) is 8.73. The third-order valence-corrected chi connectivity index (χ3v) is 6.25. The largest absolute Gasteiger partial charge is 0.315 e. The molecule has 0 spiro atoms. The Hall–Kier alpha value is -2.18. The van der Waals surface area contributed by atoms with Crippen molar-refractivity contribution in [2.75, 3.05) is 18.5 Å². The lowest BCUT2D eigenvalue weighted by Gasteiger charge is -2.11. The molecule has 0 bridgehead atoms. The molecule has 1 aliphatic rings. The number of likely N-dealkylation sites (N-methyl/N-ethyl adjacent to an activating group) is 1. The summed E-state index contributed by atoms with van der Waals surface area (Å²) >= 11 is 0. The van der Waals surface area contributed by atoms with E-state index in [1.807, 2.05) is 12.1 Å². The fourth-order valence-electron chi connectivity index (χ4n) is 3.10. The van der Waals surface area contributed by atoms with Crippen LogP contribution in [0.3, 0.4) is 0 Å². The van der Waals surface area contributed by atoms with Crippen molar-refractivity contribution in [2.24, 2.45) is 0 Å². The number of benzene rings is 2. The highest BCUT2D eigenvalue weighted by molar-refractivity contribution is 7.89. The average molecular weight is 372 g/mol. The lowest BCUT2D eigenvalue weighted by Crippen LogP contribution is -2.26. The summed E-state index contributed by atoms with van der Waals surface area (Å²) in [7, 11) is -1.89. The molecule has 0 unspecified atom stereocenters. The summed E-state index contributed by atoms with van der Waals surface area (Å²) in [5.74, 6) is 0.459. The highest BCUT2D eigenvalue weighted by Crippen LogP contribution is 2.29. The SMILES string of the molecule is CC(C)c1ccc(CCNS(=O)(=O)c2ccc3c(c2)CC(=O)N3C)cc1. The molecule has 138 valence electrons. The summed E-state index contributed by atoms with van der Waals surface area (Å²) in [6.45, 7) is 4.62. The van der Waals surface area contributed by atoms with E-state index in [1.54, 1.807) is 30.1 Å². The van der Waals surface area contributed by atoms with Gasteiger partial charge in [-0.05, 0) is 47.2 Å². The van der Waals surface area contributed by atoms with Crippen LogP contribution in [0.5, 0.6) is 0 Å². The van der Waals surface area contributed by atoms with Gasteiger partial charge in [0, 0.05) is 19.3 Å². The Bertz CT molecular complexity index is 919. The van der Waals surface area contributed by atoms with Crippen molar-refractivity contribution >= 4 is 21.6 Å². The van der Waals surface area contributed by atoms with Gasteiger partial charge in [-0.2, -0.15) is 0 Å². The fourth-order valence-corrected chi connectivity index (χ4v) is 4.18. The van der Waals surface area contributed by atoms with E-state index in [9.17, 15) is 13.2 Å². The molecule has 1 heterocycles. The summed E-state index contributed by atoms with van der Waals surface area (Å²) in [4.78, 5) is 13.5. The molecule has 0 saturated heterocycles. The third kappa shape index (κ3) is 3.81. The molecule has 0 aromatic heterocycles. The van der Waals surface area contributed by atoms with Gasteiger partial charge < -0.3 is 4.90 Å². The number of sulfonamides is 1. The van der Waals surface area contributed by atoms with E-state index < -0.39 is 10.0 Å². The number of hydrogen-bond donors (Lipinski definition) is 1. The smallest absolute Gasteiger partial charge is 0.240 e. The van der Waals surface area contributed by atoms with Gasteiger partial charge in [-0.3, -0.25) is 4.79 Å². The van der Waals surface area contributed by atoms with Gasteiger partial charge in [0.1, 0.15) is 0 Å². The van der Waals surface area contributed by atoms with Gasteiger partial charge in [-0.25, -0.2) is 13.1 Å². The molecule has 0 atom stereocenters. The molecule has 2 aromatic carbocycles. The molecular formula is C20H24N2O3S. The maximum Gasteiger partial charge on any atom is 0.240 e. The van der Waals surface area contributed by atoms with Crippen LogP contribution in [0.2, 0.25) is 0 Å². The zero-order valence-electron chi connectivity index (χ0n) is 15.3. The van der Waals surface area contributed by atoms with E-state index in [1.165, 1.54) is 5.56 Å². The Morgan fingerprint density at radius 1 is 1.12 bits per heavy atom. The molecule has 1 amide bonds. The number of nitrogens with one attached hydrogen (secondary N) is 1. The molecule has 1 aliphatic heterocycles. The third-order valence-electron chi connectivity index (χ3n) is 4.79. The van der Waals surface area contributed by atoms with Crippen LogP contribution in [0.1, 0.15) is 36.5 Å². The van der Waals surface area contributed by atoms with Gasteiger partial charge in [-0.15, -0.1) is 0 Å². The van der Waals surface area contributed by atoms with E-state index >= 15 is 0 Å². The van der Waals surface area contributed by atoms with Crippen LogP contribution in [0.15, 0.2) is 47.4 Å². The lowest BCUT2D eigenvalue weighted by molar-refractivity contribution is -0.117. The number of carbonyl (C=O) groups excluding carboxylic acids is 1. The molecule has 6 heteroatoms. The molecule has 5 nitrogen and oxygen atoms in total. The van der Waals surface area contributed by atoms with Gasteiger partial charge >= 0.3 is 0 Å². The zero-order valence-corrected chi connectivity index (χ0v) is 16.1. The molecular weight excluding hydrogens is 348 g/mol. The van der Waals surface area contributed by atoms with Crippen LogP contribution >= 0.6 is 0 Å². The number of fused-ring (bicyclic) bond motifs is 1. The van der Waals surface area contributed by atoms with Crippen molar-refractivity contribution in [1.82, 2.24) is 4.72 Å². The Morgan fingerprint density at radius 2 is 1.81 bits per heavy atom. The number of anilines is 1. The quantitative estimate of drug-likeness (QED) is 0.848. The Balaban J connectivity index is 1.64. The number of hydrogen-bond acceptors (Lipinski definition) is 3. The normalized spacial score (nSPS) is 14.2. The van der Waals surface area contributed by atoms with Crippen molar-refractivity contribution in [3.8, 4) is 0 Å². The molecule has 0 aliphatic carbocycles. The predicted molar refractivity (Wildman–Crippen MR) is 103 cm³/mol. The second kappa shape index (κ2) is 7.21. The first-order valence-electron chi connectivity index (χ1n) is 8.76. The molecule has 1 N–H and O–H groups in total. The van der Waals surface area contributed by atoms with Gasteiger partial charge in [0.05, 0.1) is 11.3 Å². The first-order valence-corrected chi connectivity index (χ1v) is 10.2. The first kappa shape index (κ1) is 18.6. The second-order valence-electron chi connectivity index (χ2n) is 6.96. The van der Waals surface area contributed by atoms with Crippen molar-refractivity contribution < 1.29 is 13.2 Å². The number of nitrogens with zero attached hydrogens (tertiary/aromatic N) is 1. The predicted octanol–water partition coefficient (Wildman–Crippen LogP) is 2.85. The molecule has 26 heavy (non-hydrogen) atoms. The molecule has 0 radical (unpaired) electrons. The number of carbonyl (C=O) groups is 1. The standard InChI is InChI=1S/C20H24N2O3S/c1-14(2)16-6-4-15(5-7-16)10-11-21-26(24,25)18-8-9-19-17(12-18)13-20(23)22(19)3/h4-9,12,14,21H,10-11,13H2,1-3H3. The molecule has 3 rings (SSSR count). The lowest BCUT2D eigenvalue weighted by atomic mass is 10.0. The van der Waals surface area contributed by atoms with E-state index in [4.69, 9.17) is 0 Å². The van der Waals surface area contributed by atoms with Crippen LogP contribution in [0.4, 0.5) is 5.69 Å². The number of rotatable bonds is 6. The van der Waals surface area contributed by atoms with Crippen LogP contribution in [0, 0.1) is 0 Å². The summed E-state index contributed by atoms with van der Waals surface area (Å²) < 4.78 is 27.7. The highest BCUT2D eigenvalue weighted by atomic mass is 32.2. The highest BCUT2D eigenvalue weighted by Gasteiger charge is 2.26. The van der Waals surface area contributed by atoms with Crippen LogP contribution in [0.25, 0.3) is 0 Å². The van der Waals surface area contributed by atoms with Crippen molar-refractivity contribution in [3.05, 3.63) is 59.2 Å². The summed E-state index contributed by atoms with van der Waals surface area (Å²) in [6, 6.07) is 13.1. The molecule has 2 aromatic rings. The van der Waals surface area contributed by atoms with Crippen molar-refractivity contribution in [1.29, 1.82) is 0 Å². The van der Waals surface area contributed by atoms with Crippen molar-refractivity contribution in [3.63, 3.8) is 0 Å². The van der Waals surface area contributed by atoms with E-state index in [2.05, 4.69) is 30.7 Å². The fraction of sp³-hybridized carbons (Fsp3) is 0.350. The van der Waals surface area contributed by atoms with E-state index in [0.717, 1.165) is 16.8 Å². The summed E-state index contributed by atoms with van der Waals surface area (Å²) in [6.07, 6.45) is 0.876. The molecule has 0 saturated carbocycles. The van der Waals surface area contributed by atoms with Gasteiger partial charge in [0.15, 0.2) is 0 Å². The zero-order chi connectivity index (χ0) is 18.9. The maximum absolute atomic E-state index is 12.5. The number of amides is 1. The summed E-state index contributed by atoms with van der Waals surface area (Å²) in [5, 5.41) is 0. The van der Waals surface area contributed by atoms with E-state index in [-0.39, 0.29) is 17.2 Å². The maximum atomic E-state index is 12.5. The van der Waals surface area contributed by atoms with Gasteiger partial charge in [-0.1, -0.05) is 38.1 Å². The minimum absolute atomic E-state index is 0.0210. The summed E-state index contributed by atoms with van der Waals surface area (Å²) in [5.41, 5.74) is 3.90. The van der Waals surface area contributed by atoms with Crippen LogP contribution in [-0.2, 0) is 27.7 Å². The van der Waals surface area contributed by atoms with Crippen LogP contribution < -0.4 is 9.62 Å². The monoisotopic (exact) mass is 372 g/mol. The minimum Gasteiger partial charge on any atom is -0.315 e. The van der Waals surface area contributed by atoms with Gasteiger partial charge in [0.2, 0.25) is 15.9 Å². The first-order chi connectivity index (χ1) is 12.3. The average Bonchev–Trinajstić information content (AvgIpc) is 2.89. The van der Waals surface area contributed by atoms with E-state index in [0.29, 0.717) is 18.9 Å². The molecule has 0 fully saturated rings. The topological polar surface area (TPSA) is 66.5 Å². The van der Waals surface area contributed by atoms with Gasteiger partial charge in [0.25, 0.3) is 0 Å². The Labute approximate surface area is 155 Å². The Morgan fingerprint density at radius 3 is 2.46 bits per heavy atom. The minimum atomic E-state index is -3.59. The van der Waals surface area contributed by atoms with Crippen LogP contribution in [-0.4, -0.2) is 27.9 Å². The van der Waals surface area contributed by atoms with Crippen molar-refractivity contribution in [2.45, 2.75) is 37.5 Å².